The van der Waals surface area contributed by atoms with Crippen LogP contribution in [0.2, 0.25) is 10.0 Å². The van der Waals surface area contributed by atoms with Gasteiger partial charge < -0.3 is 4.74 Å². The lowest BCUT2D eigenvalue weighted by molar-refractivity contribution is -0.121. The van der Waals surface area contributed by atoms with Crippen molar-refractivity contribution in [3.8, 4) is 5.75 Å². The van der Waals surface area contributed by atoms with Crippen LogP contribution in [-0.4, -0.2) is 20.4 Å². The third-order valence-corrected chi connectivity index (χ3v) is 6.26. The molecule has 2 aromatic rings. The van der Waals surface area contributed by atoms with Crippen LogP contribution in [0.25, 0.3) is 0 Å². The molecule has 8 heteroatoms. The van der Waals surface area contributed by atoms with Gasteiger partial charge in [-0.15, -0.1) is 0 Å². The van der Waals surface area contributed by atoms with E-state index in [0.29, 0.717) is 34.2 Å². The molecular weight excluding hydrogens is 409 g/mol. The first-order chi connectivity index (χ1) is 12.6. The molecule has 0 saturated heterocycles. The normalized spacial score (nSPS) is 15.4. The minimum Gasteiger partial charge on any atom is -0.491 e. The Balaban J connectivity index is 1.80. The molecule has 0 aromatic heterocycles. The zero-order valence-corrected chi connectivity index (χ0v) is 17.2. The first-order valence-corrected chi connectivity index (χ1v) is 10.7. The molecule has 1 aliphatic carbocycles. The van der Waals surface area contributed by atoms with Crippen LogP contribution in [0, 0.1) is 0 Å². The van der Waals surface area contributed by atoms with Gasteiger partial charge in [0.1, 0.15) is 5.75 Å². The van der Waals surface area contributed by atoms with Crippen LogP contribution in [0.1, 0.15) is 32.3 Å². The number of benzene rings is 2. The van der Waals surface area contributed by atoms with E-state index in [1.807, 2.05) is 13.8 Å². The van der Waals surface area contributed by atoms with Crippen LogP contribution >= 0.6 is 23.2 Å². The predicted molar refractivity (Wildman–Crippen MR) is 105 cm³/mol. The number of rotatable bonds is 6. The third kappa shape index (κ3) is 4.23. The van der Waals surface area contributed by atoms with Gasteiger partial charge in [-0.3, -0.25) is 4.79 Å². The highest BCUT2D eigenvalue weighted by Gasteiger charge is 2.53. The van der Waals surface area contributed by atoms with Crippen molar-refractivity contribution in [1.82, 2.24) is 4.72 Å². The first-order valence-electron chi connectivity index (χ1n) is 8.43. The summed E-state index contributed by atoms with van der Waals surface area (Å²) < 4.78 is 32.9. The van der Waals surface area contributed by atoms with Crippen molar-refractivity contribution < 1.29 is 17.9 Å². The SMILES string of the molecule is CC(C)Oc1ccc(S(=O)(=O)NC(=O)C2(c3ccc(Cl)cc3Cl)CC2)cc1. The van der Waals surface area contributed by atoms with Crippen molar-refractivity contribution in [3.63, 3.8) is 0 Å². The Morgan fingerprint density at radius 1 is 1.11 bits per heavy atom. The van der Waals surface area contributed by atoms with Gasteiger partial charge in [0.05, 0.1) is 16.4 Å². The van der Waals surface area contributed by atoms with Gasteiger partial charge >= 0.3 is 0 Å². The van der Waals surface area contributed by atoms with Crippen molar-refractivity contribution in [3.05, 3.63) is 58.1 Å². The monoisotopic (exact) mass is 427 g/mol. The van der Waals surface area contributed by atoms with E-state index in [-0.39, 0.29) is 11.0 Å². The van der Waals surface area contributed by atoms with E-state index in [1.54, 1.807) is 30.3 Å². The predicted octanol–water partition coefficient (Wildman–Crippen LogP) is 4.32. The fourth-order valence-corrected chi connectivity index (χ4v) is 4.51. The average Bonchev–Trinajstić information content (AvgIpc) is 3.36. The molecule has 0 spiro atoms. The molecule has 144 valence electrons. The third-order valence-electron chi connectivity index (χ3n) is 4.36. The molecular formula is C19H19Cl2NO4S. The number of nitrogens with one attached hydrogen (secondary N) is 1. The van der Waals surface area contributed by atoms with Crippen LogP contribution in [0.15, 0.2) is 47.4 Å². The number of ether oxygens (including phenoxy) is 1. The van der Waals surface area contributed by atoms with Gasteiger partial charge in [0.2, 0.25) is 5.91 Å². The molecule has 0 radical (unpaired) electrons. The molecule has 5 nitrogen and oxygen atoms in total. The van der Waals surface area contributed by atoms with Gasteiger partial charge in [0.25, 0.3) is 10.0 Å². The van der Waals surface area contributed by atoms with E-state index in [2.05, 4.69) is 4.72 Å². The Kier molecular flexibility index (Phi) is 5.43. The molecule has 0 atom stereocenters. The Labute approximate surface area is 168 Å². The highest BCUT2D eigenvalue weighted by molar-refractivity contribution is 7.90. The maximum Gasteiger partial charge on any atom is 0.264 e. The lowest BCUT2D eigenvalue weighted by Crippen LogP contribution is -2.39. The minimum absolute atomic E-state index is 0.00930. The second-order valence-electron chi connectivity index (χ2n) is 6.78. The summed E-state index contributed by atoms with van der Waals surface area (Å²) in [5.74, 6) is -0.0314. The van der Waals surface area contributed by atoms with E-state index in [4.69, 9.17) is 27.9 Å². The van der Waals surface area contributed by atoms with E-state index >= 15 is 0 Å². The number of amides is 1. The fraction of sp³-hybridized carbons (Fsp3) is 0.316. The van der Waals surface area contributed by atoms with E-state index in [1.165, 1.54) is 12.1 Å². The molecule has 1 fully saturated rings. The number of sulfonamides is 1. The lowest BCUT2D eigenvalue weighted by Gasteiger charge is -2.17. The van der Waals surface area contributed by atoms with Gasteiger partial charge in [0.15, 0.2) is 0 Å². The van der Waals surface area contributed by atoms with Gasteiger partial charge in [-0.2, -0.15) is 0 Å². The minimum atomic E-state index is -4.00. The molecule has 1 amide bonds. The Bertz CT molecular complexity index is 968. The number of carbonyl (C=O) groups excluding carboxylic acids is 1. The van der Waals surface area contributed by atoms with Crippen LogP contribution in [0.3, 0.4) is 0 Å². The molecule has 1 N–H and O–H groups in total. The van der Waals surface area contributed by atoms with Crippen molar-refractivity contribution in [2.75, 3.05) is 0 Å². The smallest absolute Gasteiger partial charge is 0.264 e. The highest BCUT2D eigenvalue weighted by atomic mass is 35.5. The van der Waals surface area contributed by atoms with E-state index in [9.17, 15) is 13.2 Å². The second-order valence-corrected chi connectivity index (χ2v) is 9.30. The average molecular weight is 428 g/mol. The van der Waals surface area contributed by atoms with Crippen molar-refractivity contribution in [2.45, 2.75) is 43.1 Å². The topological polar surface area (TPSA) is 72.5 Å². The summed E-state index contributed by atoms with van der Waals surface area (Å²) >= 11 is 12.1. The second kappa shape index (κ2) is 7.34. The lowest BCUT2D eigenvalue weighted by atomic mass is 9.95. The van der Waals surface area contributed by atoms with Crippen LogP contribution < -0.4 is 9.46 Å². The van der Waals surface area contributed by atoms with Crippen molar-refractivity contribution in [1.29, 1.82) is 0 Å². The van der Waals surface area contributed by atoms with Crippen molar-refractivity contribution in [2.24, 2.45) is 0 Å². The highest BCUT2D eigenvalue weighted by Crippen LogP contribution is 2.51. The van der Waals surface area contributed by atoms with Crippen LogP contribution in [0.5, 0.6) is 5.75 Å². The van der Waals surface area contributed by atoms with E-state index < -0.39 is 21.3 Å². The summed E-state index contributed by atoms with van der Waals surface area (Å²) in [6.07, 6.45) is 1.03. The summed E-state index contributed by atoms with van der Waals surface area (Å²) in [4.78, 5) is 12.8. The standard InChI is InChI=1S/C19H19Cl2NO4S/c1-12(2)26-14-4-6-15(7-5-14)27(24,25)22-18(23)19(9-10-19)16-8-3-13(20)11-17(16)21/h3-8,11-12H,9-10H2,1-2H3,(H,22,23). The summed E-state index contributed by atoms with van der Waals surface area (Å²) in [6, 6.07) is 10.8. The van der Waals surface area contributed by atoms with Gasteiger partial charge in [0, 0.05) is 10.0 Å². The first kappa shape index (κ1) is 20.0. The molecule has 2 aromatic carbocycles. The summed E-state index contributed by atoms with van der Waals surface area (Å²) in [7, 11) is -4.00. The zero-order chi connectivity index (χ0) is 19.8. The molecule has 3 rings (SSSR count). The van der Waals surface area contributed by atoms with Crippen LogP contribution in [-0.2, 0) is 20.2 Å². The van der Waals surface area contributed by atoms with Gasteiger partial charge in [-0.25, -0.2) is 13.1 Å². The molecule has 27 heavy (non-hydrogen) atoms. The quantitative estimate of drug-likeness (QED) is 0.744. The molecule has 1 saturated carbocycles. The molecule has 0 bridgehead atoms. The summed E-state index contributed by atoms with van der Waals surface area (Å²) in [5, 5.41) is 0.805. The molecule has 0 aliphatic heterocycles. The Morgan fingerprint density at radius 2 is 1.74 bits per heavy atom. The zero-order valence-electron chi connectivity index (χ0n) is 14.8. The Morgan fingerprint density at radius 3 is 2.26 bits per heavy atom. The number of carbonyl (C=O) groups is 1. The van der Waals surface area contributed by atoms with Crippen molar-refractivity contribution >= 4 is 39.1 Å². The number of hydrogen-bond acceptors (Lipinski definition) is 4. The van der Waals surface area contributed by atoms with Gasteiger partial charge in [-0.1, -0.05) is 29.3 Å². The molecule has 0 heterocycles. The molecule has 1 aliphatic rings. The maximum absolute atomic E-state index is 12.8. The molecule has 0 unspecified atom stereocenters. The summed E-state index contributed by atoms with van der Waals surface area (Å²) in [5.41, 5.74) is -0.350. The number of halogens is 2. The van der Waals surface area contributed by atoms with Gasteiger partial charge in [-0.05, 0) is 68.7 Å². The number of hydrogen-bond donors (Lipinski definition) is 1. The maximum atomic E-state index is 12.8. The largest absolute Gasteiger partial charge is 0.491 e. The Hall–Kier alpha value is -1.76. The fourth-order valence-electron chi connectivity index (χ4n) is 2.87. The van der Waals surface area contributed by atoms with Crippen LogP contribution in [0.4, 0.5) is 0 Å². The summed E-state index contributed by atoms with van der Waals surface area (Å²) in [6.45, 7) is 3.75. The van der Waals surface area contributed by atoms with E-state index in [0.717, 1.165) is 0 Å².